The first-order chi connectivity index (χ1) is 10.6. The molecule has 5 nitrogen and oxygen atoms in total. The smallest absolute Gasteiger partial charge is 0.224 e. The standard InChI is InChI=1S/C15H17ClN4OS/c1-3-10(17)12-8(2)11-13(22-12)14(20-15(16)19-11)18-7-9-5-4-6-21-9/h4-6,10H,3,7,17H2,1-2H3,(H,18,19,20)/t10-/m0/s1. The van der Waals surface area contributed by atoms with E-state index in [2.05, 4.69) is 22.2 Å². The average molecular weight is 337 g/mol. The van der Waals surface area contributed by atoms with Crippen LogP contribution in [-0.2, 0) is 6.54 Å². The normalized spacial score (nSPS) is 12.7. The van der Waals surface area contributed by atoms with Crippen molar-refractivity contribution < 1.29 is 4.42 Å². The summed E-state index contributed by atoms with van der Waals surface area (Å²) in [6, 6.07) is 3.77. The molecule has 3 aromatic heterocycles. The Morgan fingerprint density at radius 3 is 2.95 bits per heavy atom. The highest BCUT2D eigenvalue weighted by atomic mass is 35.5. The van der Waals surface area contributed by atoms with Gasteiger partial charge in [0.05, 0.1) is 23.0 Å². The molecule has 0 bridgehead atoms. The molecule has 0 aliphatic heterocycles. The van der Waals surface area contributed by atoms with Crippen molar-refractivity contribution in [3.63, 3.8) is 0 Å². The lowest BCUT2D eigenvalue weighted by atomic mass is 10.1. The molecule has 7 heteroatoms. The molecule has 0 fully saturated rings. The number of nitrogens with zero attached hydrogens (tertiary/aromatic N) is 2. The SMILES string of the molecule is CC[C@H](N)c1sc2c(NCc3ccco3)nc(Cl)nc2c1C. The maximum Gasteiger partial charge on any atom is 0.224 e. The van der Waals surface area contributed by atoms with Crippen molar-refractivity contribution in [2.45, 2.75) is 32.9 Å². The number of anilines is 1. The number of halogens is 1. The number of hydrogen-bond donors (Lipinski definition) is 2. The number of furan rings is 1. The first kappa shape index (κ1) is 15.3. The number of nitrogens with one attached hydrogen (secondary N) is 1. The van der Waals surface area contributed by atoms with E-state index in [4.69, 9.17) is 21.8 Å². The van der Waals surface area contributed by atoms with E-state index in [9.17, 15) is 0 Å². The summed E-state index contributed by atoms with van der Waals surface area (Å²) < 4.78 is 6.31. The van der Waals surface area contributed by atoms with Gasteiger partial charge in [0.2, 0.25) is 5.28 Å². The van der Waals surface area contributed by atoms with E-state index < -0.39 is 0 Å². The van der Waals surface area contributed by atoms with Gasteiger partial charge in [-0.05, 0) is 42.6 Å². The zero-order valence-corrected chi connectivity index (χ0v) is 14.0. The Bertz CT molecular complexity index is 785. The van der Waals surface area contributed by atoms with Crippen LogP contribution in [0.4, 0.5) is 5.82 Å². The fourth-order valence-electron chi connectivity index (χ4n) is 2.32. The van der Waals surface area contributed by atoms with Gasteiger partial charge in [0.25, 0.3) is 0 Å². The second-order valence-corrected chi connectivity index (χ2v) is 6.45. The molecule has 116 valence electrons. The van der Waals surface area contributed by atoms with Crippen LogP contribution in [0, 0.1) is 6.92 Å². The van der Waals surface area contributed by atoms with Crippen LogP contribution in [0.3, 0.4) is 0 Å². The largest absolute Gasteiger partial charge is 0.467 e. The van der Waals surface area contributed by atoms with E-state index in [0.717, 1.165) is 32.8 Å². The van der Waals surface area contributed by atoms with E-state index >= 15 is 0 Å². The zero-order valence-electron chi connectivity index (χ0n) is 12.4. The molecule has 0 spiro atoms. The molecule has 0 saturated heterocycles. The summed E-state index contributed by atoms with van der Waals surface area (Å²) in [6.45, 7) is 4.65. The summed E-state index contributed by atoms with van der Waals surface area (Å²) in [4.78, 5) is 9.81. The minimum Gasteiger partial charge on any atom is -0.467 e. The Balaban J connectivity index is 2.01. The molecular formula is C15H17ClN4OS. The fraction of sp³-hybridized carbons (Fsp3) is 0.333. The molecular weight excluding hydrogens is 320 g/mol. The van der Waals surface area contributed by atoms with Gasteiger partial charge < -0.3 is 15.5 Å². The van der Waals surface area contributed by atoms with Crippen molar-refractivity contribution >= 4 is 39.0 Å². The van der Waals surface area contributed by atoms with Gasteiger partial charge >= 0.3 is 0 Å². The first-order valence-electron chi connectivity index (χ1n) is 7.08. The maximum absolute atomic E-state index is 6.19. The average Bonchev–Trinajstić information content (AvgIpc) is 3.13. The van der Waals surface area contributed by atoms with E-state index in [1.807, 2.05) is 19.1 Å². The van der Waals surface area contributed by atoms with Gasteiger partial charge in [-0.15, -0.1) is 11.3 Å². The number of nitrogens with two attached hydrogens (primary N) is 1. The van der Waals surface area contributed by atoms with Crippen molar-refractivity contribution in [2.75, 3.05) is 5.32 Å². The first-order valence-corrected chi connectivity index (χ1v) is 8.28. The van der Waals surface area contributed by atoms with Crippen molar-refractivity contribution in [2.24, 2.45) is 5.73 Å². The third-order valence-electron chi connectivity index (χ3n) is 3.56. The van der Waals surface area contributed by atoms with Gasteiger partial charge in [0, 0.05) is 10.9 Å². The predicted molar refractivity (Wildman–Crippen MR) is 90.4 cm³/mol. The molecule has 0 aliphatic carbocycles. The molecule has 0 unspecified atom stereocenters. The summed E-state index contributed by atoms with van der Waals surface area (Å²) in [5.41, 5.74) is 8.14. The fourth-order valence-corrected chi connectivity index (χ4v) is 3.79. The molecule has 3 aromatic rings. The quantitative estimate of drug-likeness (QED) is 0.680. The molecule has 0 aromatic carbocycles. The molecule has 1 atom stereocenters. The van der Waals surface area contributed by atoms with E-state index in [0.29, 0.717) is 12.4 Å². The van der Waals surface area contributed by atoms with Crippen LogP contribution in [0.5, 0.6) is 0 Å². The monoisotopic (exact) mass is 336 g/mol. The minimum atomic E-state index is 0.0101. The molecule has 22 heavy (non-hydrogen) atoms. The predicted octanol–water partition coefficient (Wildman–Crippen LogP) is 4.27. The zero-order chi connectivity index (χ0) is 15.7. The summed E-state index contributed by atoms with van der Waals surface area (Å²) in [5, 5.41) is 3.50. The lowest BCUT2D eigenvalue weighted by molar-refractivity contribution is 0.518. The second kappa shape index (κ2) is 6.24. The van der Waals surface area contributed by atoms with Crippen molar-refractivity contribution in [3.05, 3.63) is 39.9 Å². The van der Waals surface area contributed by atoms with Gasteiger partial charge in [-0.2, -0.15) is 4.98 Å². The lowest BCUT2D eigenvalue weighted by Gasteiger charge is -2.06. The second-order valence-electron chi connectivity index (χ2n) is 5.06. The highest BCUT2D eigenvalue weighted by molar-refractivity contribution is 7.19. The highest BCUT2D eigenvalue weighted by Crippen LogP contribution is 2.38. The van der Waals surface area contributed by atoms with Crippen LogP contribution >= 0.6 is 22.9 Å². The van der Waals surface area contributed by atoms with Crippen LogP contribution in [-0.4, -0.2) is 9.97 Å². The van der Waals surface area contributed by atoms with Gasteiger partial charge in [-0.3, -0.25) is 0 Å². The summed E-state index contributed by atoms with van der Waals surface area (Å²) in [7, 11) is 0. The molecule has 0 radical (unpaired) electrons. The Hall–Kier alpha value is -1.63. The van der Waals surface area contributed by atoms with Crippen molar-refractivity contribution in [1.29, 1.82) is 0 Å². The number of rotatable bonds is 5. The number of fused-ring (bicyclic) bond motifs is 1. The van der Waals surface area contributed by atoms with E-state index in [1.165, 1.54) is 0 Å². The number of aromatic nitrogens is 2. The number of thiophene rings is 1. The Kier molecular flexibility index (Phi) is 4.33. The van der Waals surface area contributed by atoms with Crippen LogP contribution in [0.2, 0.25) is 5.28 Å². The van der Waals surface area contributed by atoms with Crippen molar-refractivity contribution in [3.8, 4) is 0 Å². The molecule has 3 rings (SSSR count). The van der Waals surface area contributed by atoms with Gasteiger partial charge in [-0.1, -0.05) is 6.92 Å². The summed E-state index contributed by atoms with van der Waals surface area (Å²) in [5.74, 6) is 1.55. The topological polar surface area (TPSA) is 77.0 Å². The Morgan fingerprint density at radius 1 is 1.45 bits per heavy atom. The summed E-state index contributed by atoms with van der Waals surface area (Å²) in [6.07, 6.45) is 2.53. The molecule has 0 saturated carbocycles. The molecule has 3 heterocycles. The lowest BCUT2D eigenvalue weighted by Crippen LogP contribution is -2.07. The van der Waals surface area contributed by atoms with E-state index in [1.54, 1.807) is 17.6 Å². The third kappa shape index (κ3) is 2.82. The van der Waals surface area contributed by atoms with Crippen LogP contribution in [0.1, 0.15) is 35.6 Å². The minimum absolute atomic E-state index is 0.0101. The van der Waals surface area contributed by atoms with Gasteiger partial charge in [0.15, 0.2) is 0 Å². The number of aryl methyl sites for hydroxylation is 1. The van der Waals surface area contributed by atoms with E-state index in [-0.39, 0.29) is 11.3 Å². The van der Waals surface area contributed by atoms with Gasteiger partial charge in [0.1, 0.15) is 11.6 Å². The maximum atomic E-state index is 6.19. The van der Waals surface area contributed by atoms with Crippen LogP contribution in [0.15, 0.2) is 22.8 Å². The van der Waals surface area contributed by atoms with Gasteiger partial charge in [-0.25, -0.2) is 4.98 Å². The molecule has 3 N–H and O–H groups in total. The third-order valence-corrected chi connectivity index (χ3v) is 5.15. The number of hydrogen-bond acceptors (Lipinski definition) is 6. The molecule has 0 amide bonds. The van der Waals surface area contributed by atoms with Crippen molar-refractivity contribution in [1.82, 2.24) is 9.97 Å². The Morgan fingerprint density at radius 2 is 2.27 bits per heavy atom. The molecule has 0 aliphatic rings. The van der Waals surface area contributed by atoms with Crippen LogP contribution in [0.25, 0.3) is 10.2 Å². The summed E-state index contributed by atoms with van der Waals surface area (Å²) >= 11 is 7.69. The highest BCUT2D eigenvalue weighted by Gasteiger charge is 2.18. The Labute approximate surface area is 137 Å². The van der Waals surface area contributed by atoms with Crippen LogP contribution < -0.4 is 11.1 Å².